The third-order valence-corrected chi connectivity index (χ3v) is 5.74. The Kier molecular flexibility index (Phi) is 3.85. The van der Waals surface area contributed by atoms with Crippen LogP contribution in [0.3, 0.4) is 0 Å². The Bertz CT molecular complexity index is 1000. The summed E-state index contributed by atoms with van der Waals surface area (Å²) in [5.41, 5.74) is 2.09. The lowest BCUT2D eigenvalue weighted by atomic mass is 10.1. The molecule has 6 nitrogen and oxygen atoms in total. The van der Waals surface area contributed by atoms with Gasteiger partial charge in [-0.05, 0) is 50.8 Å². The summed E-state index contributed by atoms with van der Waals surface area (Å²) in [5, 5.41) is 0.656. The van der Waals surface area contributed by atoms with E-state index in [-0.39, 0.29) is 11.6 Å². The van der Waals surface area contributed by atoms with E-state index in [1.807, 2.05) is 30.5 Å². The van der Waals surface area contributed by atoms with E-state index in [4.69, 9.17) is 4.98 Å². The van der Waals surface area contributed by atoms with Crippen molar-refractivity contribution in [3.63, 3.8) is 0 Å². The number of aromatic amines is 1. The van der Waals surface area contributed by atoms with Crippen LogP contribution in [0.4, 0.5) is 0 Å². The number of benzene rings is 1. The number of aryl methyl sites for hydroxylation is 1. The SMILES string of the molecule is O=c1[nH]c(C2CCCN2Cc2ncc3n2CCCC3)nc2ccccc12. The summed E-state index contributed by atoms with van der Waals surface area (Å²) in [4.78, 5) is 27.3. The second-order valence-electron chi connectivity index (χ2n) is 7.37. The summed E-state index contributed by atoms with van der Waals surface area (Å²) < 4.78 is 2.38. The predicted octanol–water partition coefficient (Wildman–Crippen LogP) is 2.79. The van der Waals surface area contributed by atoms with Crippen molar-refractivity contribution < 1.29 is 0 Å². The first-order valence-electron chi connectivity index (χ1n) is 9.56. The number of hydrogen-bond donors (Lipinski definition) is 1. The topological polar surface area (TPSA) is 66.8 Å². The van der Waals surface area contributed by atoms with E-state index in [9.17, 15) is 4.79 Å². The molecule has 26 heavy (non-hydrogen) atoms. The van der Waals surface area contributed by atoms with Crippen LogP contribution in [-0.4, -0.2) is 31.0 Å². The molecule has 0 amide bonds. The summed E-state index contributed by atoms with van der Waals surface area (Å²) in [6.07, 6.45) is 7.81. The number of para-hydroxylation sites is 1. The molecule has 3 aromatic rings. The summed E-state index contributed by atoms with van der Waals surface area (Å²) in [7, 11) is 0. The highest BCUT2D eigenvalue weighted by Gasteiger charge is 2.30. The maximum atomic E-state index is 12.4. The van der Waals surface area contributed by atoms with Crippen molar-refractivity contribution in [2.75, 3.05) is 6.54 Å². The normalized spacial score (nSPS) is 20.5. The molecular formula is C20H23N5O. The Morgan fingerprint density at radius 2 is 2.08 bits per heavy atom. The van der Waals surface area contributed by atoms with Crippen molar-refractivity contribution in [2.24, 2.45) is 0 Å². The number of fused-ring (bicyclic) bond motifs is 2. The molecule has 2 aromatic heterocycles. The van der Waals surface area contributed by atoms with Crippen LogP contribution in [0.2, 0.25) is 0 Å². The largest absolute Gasteiger partial charge is 0.331 e. The fourth-order valence-electron chi connectivity index (χ4n) is 4.40. The zero-order valence-corrected chi connectivity index (χ0v) is 14.8. The number of nitrogens with one attached hydrogen (secondary N) is 1. The minimum atomic E-state index is -0.0457. The number of rotatable bonds is 3. The van der Waals surface area contributed by atoms with Crippen molar-refractivity contribution >= 4 is 10.9 Å². The minimum Gasteiger partial charge on any atom is -0.331 e. The number of H-pyrrole nitrogens is 1. The van der Waals surface area contributed by atoms with Gasteiger partial charge in [-0.15, -0.1) is 0 Å². The molecule has 134 valence electrons. The van der Waals surface area contributed by atoms with Crippen LogP contribution in [0.25, 0.3) is 10.9 Å². The first kappa shape index (κ1) is 15.8. The molecule has 1 aromatic carbocycles. The molecule has 1 saturated heterocycles. The third kappa shape index (κ3) is 2.65. The fraction of sp³-hybridized carbons (Fsp3) is 0.450. The Morgan fingerprint density at radius 3 is 3.04 bits per heavy atom. The van der Waals surface area contributed by atoms with Gasteiger partial charge in [0, 0.05) is 18.4 Å². The maximum absolute atomic E-state index is 12.4. The Hall–Kier alpha value is -2.47. The number of nitrogens with zero attached hydrogens (tertiary/aromatic N) is 4. The van der Waals surface area contributed by atoms with E-state index in [2.05, 4.69) is 19.4 Å². The van der Waals surface area contributed by atoms with Gasteiger partial charge >= 0.3 is 0 Å². The molecular weight excluding hydrogens is 326 g/mol. The van der Waals surface area contributed by atoms with Crippen LogP contribution in [-0.2, 0) is 19.5 Å². The summed E-state index contributed by atoms with van der Waals surface area (Å²) in [5.74, 6) is 1.94. The summed E-state index contributed by atoms with van der Waals surface area (Å²) in [6, 6.07) is 7.71. The van der Waals surface area contributed by atoms with Crippen molar-refractivity contribution in [2.45, 2.75) is 51.2 Å². The first-order valence-corrected chi connectivity index (χ1v) is 9.56. The molecule has 0 bridgehead atoms. The van der Waals surface area contributed by atoms with Crippen LogP contribution < -0.4 is 5.56 Å². The Morgan fingerprint density at radius 1 is 1.15 bits per heavy atom. The predicted molar refractivity (Wildman–Crippen MR) is 99.9 cm³/mol. The van der Waals surface area contributed by atoms with Gasteiger partial charge in [-0.1, -0.05) is 12.1 Å². The highest BCUT2D eigenvalue weighted by molar-refractivity contribution is 5.77. The van der Waals surface area contributed by atoms with Gasteiger partial charge in [0.15, 0.2) is 0 Å². The molecule has 1 fully saturated rings. The van der Waals surface area contributed by atoms with Gasteiger partial charge < -0.3 is 9.55 Å². The quantitative estimate of drug-likeness (QED) is 0.790. The van der Waals surface area contributed by atoms with Crippen LogP contribution in [0, 0.1) is 0 Å². The van der Waals surface area contributed by atoms with E-state index >= 15 is 0 Å². The second-order valence-corrected chi connectivity index (χ2v) is 7.37. The molecule has 2 aliphatic heterocycles. The van der Waals surface area contributed by atoms with Crippen molar-refractivity contribution in [3.8, 4) is 0 Å². The van der Waals surface area contributed by atoms with Gasteiger partial charge in [0.2, 0.25) is 0 Å². The Balaban J connectivity index is 1.46. The second kappa shape index (κ2) is 6.36. The molecule has 2 aliphatic rings. The fourth-order valence-corrected chi connectivity index (χ4v) is 4.40. The smallest absolute Gasteiger partial charge is 0.258 e. The third-order valence-electron chi connectivity index (χ3n) is 5.74. The van der Waals surface area contributed by atoms with E-state index in [1.54, 1.807) is 0 Å². The number of imidazole rings is 1. The first-order chi connectivity index (χ1) is 12.8. The minimum absolute atomic E-state index is 0.0457. The molecule has 5 rings (SSSR count). The zero-order chi connectivity index (χ0) is 17.5. The number of likely N-dealkylation sites (tertiary alicyclic amines) is 1. The number of aromatic nitrogens is 4. The number of hydrogen-bond acceptors (Lipinski definition) is 4. The highest BCUT2D eigenvalue weighted by atomic mass is 16.1. The average molecular weight is 349 g/mol. The van der Waals surface area contributed by atoms with E-state index in [0.717, 1.165) is 56.1 Å². The van der Waals surface area contributed by atoms with Crippen LogP contribution in [0.15, 0.2) is 35.3 Å². The van der Waals surface area contributed by atoms with Crippen LogP contribution >= 0.6 is 0 Å². The van der Waals surface area contributed by atoms with Gasteiger partial charge in [-0.2, -0.15) is 0 Å². The molecule has 1 N–H and O–H groups in total. The zero-order valence-electron chi connectivity index (χ0n) is 14.8. The summed E-state index contributed by atoms with van der Waals surface area (Å²) in [6.45, 7) is 2.92. The van der Waals surface area contributed by atoms with E-state index in [1.165, 1.54) is 18.5 Å². The van der Waals surface area contributed by atoms with Gasteiger partial charge in [0.25, 0.3) is 5.56 Å². The van der Waals surface area contributed by atoms with Gasteiger partial charge in [-0.3, -0.25) is 9.69 Å². The summed E-state index contributed by atoms with van der Waals surface area (Å²) >= 11 is 0. The lowest BCUT2D eigenvalue weighted by Crippen LogP contribution is -2.28. The molecule has 1 unspecified atom stereocenters. The van der Waals surface area contributed by atoms with Gasteiger partial charge in [-0.25, -0.2) is 9.97 Å². The molecule has 1 atom stereocenters. The molecule has 0 aliphatic carbocycles. The van der Waals surface area contributed by atoms with Crippen molar-refractivity contribution in [1.29, 1.82) is 0 Å². The average Bonchev–Trinajstić information content (AvgIpc) is 3.30. The molecule has 0 radical (unpaired) electrons. The van der Waals surface area contributed by atoms with Crippen molar-refractivity contribution in [3.05, 3.63) is 58.2 Å². The monoisotopic (exact) mass is 349 g/mol. The van der Waals surface area contributed by atoms with E-state index in [0.29, 0.717) is 5.39 Å². The lowest BCUT2D eigenvalue weighted by Gasteiger charge is -2.25. The van der Waals surface area contributed by atoms with Crippen LogP contribution in [0.5, 0.6) is 0 Å². The van der Waals surface area contributed by atoms with Gasteiger partial charge in [0.05, 0.1) is 23.5 Å². The van der Waals surface area contributed by atoms with Crippen LogP contribution in [0.1, 0.15) is 49.1 Å². The van der Waals surface area contributed by atoms with Gasteiger partial charge in [0.1, 0.15) is 11.6 Å². The van der Waals surface area contributed by atoms with Crippen molar-refractivity contribution in [1.82, 2.24) is 24.4 Å². The Labute approximate surface area is 151 Å². The molecule has 0 saturated carbocycles. The molecule has 4 heterocycles. The molecule has 6 heteroatoms. The lowest BCUT2D eigenvalue weighted by molar-refractivity contribution is 0.229. The standard InChI is InChI=1S/C20H23N5O/c26-20-15-7-1-2-8-16(15)22-19(23-20)17-9-5-10-24(17)13-18-21-12-14-6-3-4-11-25(14)18/h1-2,7-8,12,17H,3-6,9-11,13H2,(H,22,23,26). The highest BCUT2D eigenvalue weighted by Crippen LogP contribution is 2.31. The van der Waals surface area contributed by atoms with E-state index < -0.39 is 0 Å². The maximum Gasteiger partial charge on any atom is 0.258 e. The molecule has 0 spiro atoms.